The number of hydrogen-bond acceptors (Lipinski definition) is 3. The SMILES string of the molecule is CC(=O)n1c(=O)n2nccc2c2ccccc21. The molecule has 1 aromatic carbocycles. The maximum Gasteiger partial charge on any atom is 0.356 e. The molecule has 0 amide bonds. The van der Waals surface area contributed by atoms with Crippen LogP contribution in [0.3, 0.4) is 0 Å². The fourth-order valence-corrected chi connectivity index (χ4v) is 2.05. The molecule has 0 aliphatic heterocycles. The summed E-state index contributed by atoms with van der Waals surface area (Å²) < 4.78 is 2.37. The van der Waals surface area contributed by atoms with E-state index in [1.807, 2.05) is 12.1 Å². The van der Waals surface area contributed by atoms with E-state index in [1.54, 1.807) is 24.4 Å². The average Bonchev–Trinajstić information content (AvgIpc) is 2.78. The summed E-state index contributed by atoms with van der Waals surface area (Å²) in [5.41, 5.74) is 0.886. The number of carbonyl (C=O) groups excluding carboxylic acids is 1. The third-order valence-electron chi connectivity index (χ3n) is 2.75. The quantitative estimate of drug-likeness (QED) is 0.581. The summed E-state index contributed by atoms with van der Waals surface area (Å²) in [6.07, 6.45) is 1.55. The number of fused-ring (bicyclic) bond motifs is 3. The van der Waals surface area contributed by atoms with Gasteiger partial charge in [0.05, 0.1) is 17.2 Å². The van der Waals surface area contributed by atoms with Crippen LogP contribution in [0, 0.1) is 0 Å². The Morgan fingerprint density at radius 3 is 2.71 bits per heavy atom. The third kappa shape index (κ3) is 1.22. The predicted molar refractivity (Wildman–Crippen MR) is 63.3 cm³/mol. The van der Waals surface area contributed by atoms with Gasteiger partial charge in [-0.3, -0.25) is 4.79 Å². The fourth-order valence-electron chi connectivity index (χ4n) is 2.05. The summed E-state index contributed by atoms with van der Waals surface area (Å²) in [7, 11) is 0. The first-order valence-corrected chi connectivity index (χ1v) is 5.18. The van der Waals surface area contributed by atoms with E-state index in [-0.39, 0.29) is 5.91 Å². The number of aromatic nitrogens is 3. The minimum absolute atomic E-state index is 0.316. The lowest BCUT2D eigenvalue weighted by molar-refractivity contribution is 0.0935. The molecular weight excluding hydrogens is 218 g/mol. The Morgan fingerprint density at radius 1 is 1.18 bits per heavy atom. The predicted octanol–water partition coefficient (Wildman–Crippen LogP) is 1.31. The van der Waals surface area contributed by atoms with Crippen LogP contribution >= 0.6 is 0 Å². The minimum atomic E-state index is -0.434. The van der Waals surface area contributed by atoms with Crippen molar-refractivity contribution in [2.45, 2.75) is 6.92 Å². The number of benzene rings is 1. The van der Waals surface area contributed by atoms with E-state index in [0.717, 1.165) is 9.95 Å². The second kappa shape index (κ2) is 3.28. The number of carbonyl (C=O) groups is 1. The molecule has 0 fully saturated rings. The van der Waals surface area contributed by atoms with Gasteiger partial charge in [-0.15, -0.1) is 0 Å². The van der Waals surface area contributed by atoms with Crippen LogP contribution < -0.4 is 5.69 Å². The van der Waals surface area contributed by atoms with Gasteiger partial charge < -0.3 is 0 Å². The highest BCUT2D eigenvalue weighted by Gasteiger charge is 2.12. The molecule has 0 unspecified atom stereocenters. The summed E-state index contributed by atoms with van der Waals surface area (Å²) >= 11 is 0. The molecule has 0 aliphatic carbocycles. The van der Waals surface area contributed by atoms with E-state index in [2.05, 4.69) is 5.10 Å². The Labute approximate surface area is 95.9 Å². The molecule has 0 saturated heterocycles. The topological polar surface area (TPSA) is 56.4 Å². The summed E-state index contributed by atoms with van der Waals surface area (Å²) in [4.78, 5) is 23.7. The molecule has 5 heteroatoms. The van der Waals surface area contributed by atoms with E-state index in [0.29, 0.717) is 11.0 Å². The zero-order valence-electron chi connectivity index (χ0n) is 9.12. The molecule has 0 aliphatic rings. The van der Waals surface area contributed by atoms with Crippen molar-refractivity contribution in [3.63, 3.8) is 0 Å². The molecule has 84 valence electrons. The van der Waals surface area contributed by atoms with Crippen LogP contribution in [0.2, 0.25) is 0 Å². The Balaban J connectivity index is 2.72. The lowest BCUT2D eigenvalue weighted by Crippen LogP contribution is -2.31. The summed E-state index contributed by atoms with van der Waals surface area (Å²) in [6.45, 7) is 1.36. The van der Waals surface area contributed by atoms with Gasteiger partial charge in [-0.05, 0) is 12.1 Å². The second-order valence-corrected chi connectivity index (χ2v) is 3.78. The first kappa shape index (κ1) is 9.77. The summed E-state index contributed by atoms with van der Waals surface area (Å²) in [5.74, 6) is -0.316. The number of nitrogens with zero attached hydrogens (tertiary/aromatic N) is 3. The third-order valence-corrected chi connectivity index (χ3v) is 2.75. The maximum atomic E-state index is 12.1. The molecule has 0 saturated carbocycles. The zero-order chi connectivity index (χ0) is 12.0. The average molecular weight is 227 g/mol. The highest BCUT2D eigenvalue weighted by molar-refractivity contribution is 5.98. The van der Waals surface area contributed by atoms with Crippen molar-refractivity contribution >= 4 is 22.3 Å². The number of rotatable bonds is 0. The van der Waals surface area contributed by atoms with Gasteiger partial charge in [-0.1, -0.05) is 18.2 Å². The van der Waals surface area contributed by atoms with Crippen LogP contribution in [-0.4, -0.2) is 20.1 Å². The normalized spacial score (nSPS) is 11.1. The lowest BCUT2D eigenvalue weighted by atomic mass is 10.2. The van der Waals surface area contributed by atoms with Crippen molar-refractivity contribution < 1.29 is 4.79 Å². The fraction of sp³-hybridized carbons (Fsp3) is 0.0833. The molecule has 2 heterocycles. The molecule has 0 N–H and O–H groups in total. The first-order valence-electron chi connectivity index (χ1n) is 5.18. The van der Waals surface area contributed by atoms with Crippen LogP contribution in [0.15, 0.2) is 41.3 Å². The molecule has 0 radical (unpaired) electrons. The van der Waals surface area contributed by atoms with Crippen LogP contribution in [0.4, 0.5) is 0 Å². The van der Waals surface area contributed by atoms with E-state index >= 15 is 0 Å². The van der Waals surface area contributed by atoms with Crippen LogP contribution in [0.25, 0.3) is 16.4 Å². The van der Waals surface area contributed by atoms with Crippen LogP contribution in [0.5, 0.6) is 0 Å². The molecule has 0 spiro atoms. The van der Waals surface area contributed by atoms with E-state index in [1.165, 1.54) is 11.4 Å². The number of hydrogen-bond donors (Lipinski definition) is 0. The van der Waals surface area contributed by atoms with Gasteiger partial charge in [-0.2, -0.15) is 9.61 Å². The van der Waals surface area contributed by atoms with Gasteiger partial charge in [0.2, 0.25) is 5.91 Å². The molecular formula is C12H9N3O2. The minimum Gasteiger partial charge on any atom is -0.274 e. The van der Waals surface area contributed by atoms with Gasteiger partial charge in [0.1, 0.15) is 0 Å². The molecule has 3 aromatic rings. The van der Waals surface area contributed by atoms with Gasteiger partial charge in [0.25, 0.3) is 0 Å². The summed E-state index contributed by atoms with van der Waals surface area (Å²) in [6, 6.07) is 9.04. The Kier molecular flexibility index (Phi) is 1.89. The molecule has 0 bridgehead atoms. The van der Waals surface area contributed by atoms with Gasteiger partial charge >= 0.3 is 5.69 Å². The Hall–Kier alpha value is -2.43. The van der Waals surface area contributed by atoms with E-state index in [9.17, 15) is 9.59 Å². The largest absolute Gasteiger partial charge is 0.356 e. The molecule has 3 rings (SSSR count). The van der Waals surface area contributed by atoms with E-state index < -0.39 is 5.69 Å². The standard InChI is InChI=1S/C12H9N3O2/c1-8(16)14-10-5-3-2-4-9(10)11-6-7-13-15(11)12(14)17/h2-7H,1H3. The monoisotopic (exact) mass is 227 g/mol. The first-order chi connectivity index (χ1) is 8.20. The smallest absolute Gasteiger partial charge is 0.274 e. The van der Waals surface area contributed by atoms with Gasteiger partial charge in [-0.25, -0.2) is 9.36 Å². The molecule has 0 atom stereocenters. The van der Waals surface area contributed by atoms with Gasteiger partial charge in [0.15, 0.2) is 0 Å². The Morgan fingerprint density at radius 2 is 1.94 bits per heavy atom. The van der Waals surface area contributed by atoms with Crippen LogP contribution in [0.1, 0.15) is 11.7 Å². The van der Waals surface area contributed by atoms with Crippen LogP contribution in [-0.2, 0) is 0 Å². The van der Waals surface area contributed by atoms with Crippen molar-refractivity contribution in [1.29, 1.82) is 0 Å². The van der Waals surface area contributed by atoms with Crippen molar-refractivity contribution in [1.82, 2.24) is 14.2 Å². The van der Waals surface area contributed by atoms with Crippen molar-refractivity contribution in [2.24, 2.45) is 0 Å². The second-order valence-electron chi connectivity index (χ2n) is 3.78. The van der Waals surface area contributed by atoms with Gasteiger partial charge in [0, 0.05) is 12.3 Å². The highest BCUT2D eigenvalue weighted by atomic mass is 16.2. The Bertz CT molecular complexity index is 798. The lowest BCUT2D eigenvalue weighted by Gasteiger charge is -2.07. The summed E-state index contributed by atoms with van der Waals surface area (Å²) in [5, 5.41) is 4.78. The van der Waals surface area contributed by atoms with Crippen molar-refractivity contribution in [2.75, 3.05) is 0 Å². The maximum absolute atomic E-state index is 12.1. The zero-order valence-corrected chi connectivity index (χ0v) is 9.12. The highest BCUT2D eigenvalue weighted by Crippen LogP contribution is 2.17. The van der Waals surface area contributed by atoms with E-state index in [4.69, 9.17) is 0 Å². The molecule has 17 heavy (non-hydrogen) atoms. The van der Waals surface area contributed by atoms with Crippen molar-refractivity contribution in [3.8, 4) is 0 Å². The molecule has 5 nitrogen and oxygen atoms in total. The molecule has 2 aromatic heterocycles. The van der Waals surface area contributed by atoms with Crippen molar-refractivity contribution in [3.05, 3.63) is 47.0 Å². The number of para-hydroxylation sites is 1.